The third-order valence-electron chi connectivity index (χ3n) is 2.58. The fraction of sp³-hybridized carbons (Fsp3) is 0.385. The van der Waals surface area contributed by atoms with E-state index in [1.54, 1.807) is 0 Å². The van der Waals surface area contributed by atoms with Gasteiger partial charge in [0, 0.05) is 19.3 Å². The average Bonchev–Trinajstić information content (AvgIpc) is 2.38. The Bertz CT molecular complexity index is 494. The van der Waals surface area contributed by atoms with E-state index in [1.165, 1.54) is 26.2 Å². The summed E-state index contributed by atoms with van der Waals surface area (Å²) in [5.74, 6) is -1.77. The van der Waals surface area contributed by atoms with E-state index in [4.69, 9.17) is 10.5 Å². The molecule has 0 radical (unpaired) electrons. The number of nitrogens with two attached hydrogens (primary N) is 1. The van der Waals surface area contributed by atoms with Gasteiger partial charge in [0.15, 0.2) is 0 Å². The Hall–Kier alpha value is -2.15. The molecule has 6 nitrogen and oxygen atoms in total. The van der Waals surface area contributed by atoms with Gasteiger partial charge in [0.2, 0.25) is 5.91 Å². The topological polar surface area (TPSA) is 93.5 Å². The zero-order valence-corrected chi connectivity index (χ0v) is 11.4. The lowest BCUT2D eigenvalue weighted by atomic mass is 10.1. The fourth-order valence-electron chi connectivity index (χ4n) is 1.48. The van der Waals surface area contributed by atoms with Crippen LogP contribution in [0.3, 0.4) is 0 Å². The summed E-state index contributed by atoms with van der Waals surface area (Å²) in [7, 11) is 1.52. The minimum absolute atomic E-state index is 0.157. The summed E-state index contributed by atoms with van der Waals surface area (Å²) < 4.78 is 18.3. The Labute approximate surface area is 116 Å². The zero-order valence-electron chi connectivity index (χ0n) is 11.4. The summed E-state index contributed by atoms with van der Waals surface area (Å²) in [6, 6.07) is 2.96. The molecule has 0 aliphatic heterocycles. The van der Waals surface area contributed by atoms with Gasteiger partial charge in [-0.15, -0.1) is 0 Å². The molecule has 1 aromatic carbocycles. The second kappa shape index (κ2) is 7.44. The van der Waals surface area contributed by atoms with Crippen molar-refractivity contribution in [3.05, 3.63) is 29.6 Å². The van der Waals surface area contributed by atoms with Crippen LogP contribution in [0.25, 0.3) is 0 Å². The van der Waals surface area contributed by atoms with E-state index in [1.807, 2.05) is 0 Å². The second-order valence-corrected chi connectivity index (χ2v) is 4.22. The predicted molar refractivity (Wildman–Crippen MR) is 72.6 cm³/mol. The largest absolute Gasteiger partial charge is 0.399 e. The van der Waals surface area contributed by atoms with Gasteiger partial charge in [0.1, 0.15) is 11.9 Å². The fourth-order valence-corrected chi connectivity index (χ4v) is 1.48. The van der Waals surface area contributed by atoms with E-state index < -0.39 is 17.8 Å². The normalized spacial score (nSPS) is 11.8. The van der Waals surface area contributed by atoms with E-state index >= 15 is 0 Å². The Kier molecular flexibility index (Phi) is 5.92. The molecule has 0 aliphatic rings. The molecule has 4 N–H and O–H groups in total. The van der Waals surface area contributed by atoms with Gasteiger partial charge >= 0.3 is 0 Å². The van der Waals surface area contributed by atoms with Crippen LogP contribution in [-0.4, -0.2) is 38.1 Å². The van der Waals surface area contributed by atoms with E-state index in [2.05, 4.69) is 10.6 Å². The van der Waals surface area contributed by atoms with Crippen LogP contribution in [-0.2, 0) is 9.53 Å². The molecular formula is C13H18FN3O3. The number of amides is 2. The van der Waals surface area contributed by atoms with E-state index in [9.17, 15) is 14.0 Å². The van der Waals surface area contributed by atoms with E-state index in [-0.39, 0.29) is 17.2 Å². The number of hydrogen-bond donors (Lipinski definition) is 3. The average molecular weight is 283 g/mol. The molecule has 0 bridgehead atoms. The van der Waals surface area contributed by atoms with Crippen molar-refractivity contribution in [2.75, 3.05) is 26.0 Å². The number of methoxy groups -OCH3 is 1. The summed E-state index contributed by atoms with van der Waals surface area (Å²) in [6.07, 6.45) is 0. The first-order valence-corrected chi connectivity index (χ1v) is 6.08. The van der Waals surface area contributed by atoms with Crippen LogP contribution in [0.4, 0.5) is 10.1 Å². The minimum Gasteiger partial charge on any atom is -0.399 e. The Balaban J connectivity index is 2.58. The number of carbonyl (C=O) groups is 2. The van der Waals surface area contributed by atoms with Crippen molar-refractivity contribution in [3.8, 4) is 0 Å². The smallest absolute Gasteiger partial charge is 0.254 e. The van der Waals surface area contributed by atoms with Crippen molar-refractivity contribution in [2.45, 2.75) is 13.0 Å². The first-order chi connectivity index (χ1) is 9.45. The number of carbonyl (C=O) groups excluding carboxylic acids is 2. The van der Waals surface area contributed by atoms with Crippen LogP contribution in [0.1, 0.15) is 17.3 Å². The lowest BCUT2D eigenvalue weighted by Gasteiger charge is -2.14. The Morgan fingerprint density at radius 1 is 1.45 bits per heavy atom. The van der Waals surface area contributed by atoms with Crippen molar-refractivity contribution in [1.29, 1.82) is 0 Å². The molecule has 0 aromatic heterocycles. The standard InChI is InChI=1S/C13H18FN3O3/c1-8(12(18)16-5-6-20-2)17-13(19)10-4-3-9(15)7-11(10)14/h3-4,7-8H,5-6,15H2,1-2H3,(H,16,18)(H,17,19). The number of ether oxygens (including phenoxy) is 1. The monoisotopic (exact) mass is 283 g/mol. The molecule has 0 fully saturated rings. The lowest BCUT2D eigenvalue weighted by Crippen LogP contribution is -2.45. The molecule has 2 amide bonds. The molecule has 0 saturated heterocycles. The van der Waals surface area contributed by atoms with Gasteiger partial charge in [-0.25, -0.2) is 4.39 Å². The van der Waals surface area contributed by atoms with Crippen molar-refractivity contribution in [3.63, 3.8) is 0 Å². The molecule has 110 valence electrons. The summed E-state index contributed by atoms with van der Waals surface area (Å²) in [4.78, 5) is 23.5. The number of halogens is 1. The number of anilines is 1. The Morgan fingerprint density at radius 3 is 2.75 bits per heavy atom. The van der Waals surface area contributed by atoms with Crippen LogP contribution in [0.2, 0.25) is 0 Å². The molecule has 0 spiro atoms. The molecule has 0 saturated carbocycles. The first-order valence-electron chi connectivity index (χ1n) is 6.08. The summed E-state index contributed by atoms with van der Waals surface area (Å²) in [5, 5.41) is 4.98. The SMILES string of the molecule is COCCNC(=O)C(C)NC(=O)c1ccc(N)cc1F. The van der Waals surface area contributed by atoms with Gasteiger partial charge in [-0.1, -0.05) is 0 Å². The van der Waals surface area contributed by atoms with Crippen molar-refractivity contribution < 1.29 is 18.7 Å². The molecule has 1 aromatic rings. The molecule has 1 unspecified atom stereocenters. The third-order valence-corrected chi connectivity index (χ3v) is 2.58. The van der Waals surface area contributed by atoms with Crippen LogP contribution < -0.4 is 16.4 Å². The van der Waals surface area contributed by atoms with Crippen LogP contribution >= 0.6 is 0 Å². The highest BCUT2D eigenvalue weighted by Gasteiger charge is 2.18. The maximum Gasteiger partial charge on any atom is 0.254 e. The molecule has 0 heterocycles. The predicted octanol–water partition coefficient (Wildman–Crippen LogP) is 0.289. The highest BCUT2D eigenvalue weighted by molar-refractivity contribution is 5.97. The molecule has 1 rings (SSSR count). The number of rotatable bonds is 6. The van der Waals surface area contributed by atoms with Crippen molar-refractivity contribution >= 4 is 17.5 Å². The quantitative estimate of drug-likeness (QED) is 0.516. The highest BCUT2D eigenvalue weighted by atomic mass is 19.1. The van der Waals surface area contributed by atoms with Crippen LogP contribution in [0, 0.1) is 5.82 Å². The lowest BCUT2D eigenvalue weighted by molar-refractivity contribution is -0.122. The number of hydrogen-bond acceptors (Lipinski definition) is 4. The maximum atomic E-state index is 13.5. The second-order valence-electron chi connectivity index (χ2n) is 4.22. The number of nitrogens with one attached hydrogen (secondary N) is 2. The van der Waals surface area contributed by atoms with Crippen molar-refractivity contribution in [1.82, 2.24) is 10.6 Å². The van der Waals surface area contributed by atoms with Gasteiger partial charge < -0.3 is 21.1 Å². The van der Waals surface area contributed by atoms with E-state index in [0.717, 1.165) is 6.07 Å². The number of benzene rings is 1. The Morgan fingerprint density at radius 2 is 2.15 bits per heavy atom. The third kappa shape index (κ3) is 4.51. The van der Waals surface area contributed by atoms with E-state index in [0.29, 0.717) is 13.2 Å². The molecular weight excluding hydrogens is 265 g/mol. The molecule has 7 heteroatoms. The van der Waals surface area contributed by atoms with Gasteiger partial charge in [0.05, 0.1) is 12.2 Å². The minimum atomic E-state index is -0.781. The van der Waals surface area contributed by atoms with Crippen LogP contribution in [0.5, 0.6) is 0 Å². The van der Waals surface area contributed by atoms with Crippen LogP contribution in [0.15, 0.2) is 18.2 Å². The van der Waals surface area contributed by atoms with Gasteiger partial charge in [-0.05, 0) is 25.1 Å². The summed E-state index contributed by atoms with van der Waals surface area (Å²) >= 11 is 0. The molecule has 1 atom stereocenters. The number of nitrogen functional groups attached to an aromatic ring is 1. The maximum absolute atomic E-state index is 13.5. The van der Waals surface area contributed by atoms with Gasteiger partial charge in [-0.2, -0.15) is 0 Å². The molecule has 0 aliphatic carbocycles. The zero-order chi connectivity index (χ0) is 15.1. The van der Waals surface area contributed by atoms with Gasteiger partial charge in [0.25, 0.3) is 5.91 Å². The first kappa shape index (κ1) is 15.9. The highest BCUT2D eigenvalue weighted by Crippen LogP contribution is 2.11. The van der Waals surface area contributed by atoms with Gasteiger partial charge in [-0.3, -0.25) is 9.59 Å². The molecule has 20 heavy (non-hydrogen) atoms. The van der Waals surface area contributed by atoms with Crippen molar-refractivity contribution in [2.24, 2.45) is 0 Å². The summed E-state index contributed by atoms with van der Waals surface area (Å²) in [5.41, 5.74) is 5.47. The summed E-state index contributed by atoms with van der Waals surface area (Å²) in [6.45, 7) is 2.22.